The van der Waals surface area contributed by atoms with E-state index >= 15 is 0 Å². The van der Waals surface area contributed by atoms with Gasteiger partial charge in [-0.25, -0.2) is 0 Å². The van der Waals surface area contributed by atoms with Crippen molar-refractivity contribution in [2.45, 2.75) is 78.4 Å². The molecule has 1 saturated carbocycles. The van der Waals surface area contributed by atoms with E-state index in [0.717, 1.165) is 47.9 Å². The zero-order valence-electron chi connectivity index (χ0n) is 19.8. The highest BCUT2D eigenvalue weighted by atomic mass is 16.5. The minimum Gasteiger partial charge on any atom is -0.484 e. The zero-order valence-corrected chi connectivity index (χ0v) is 19.8. The molecule has 5 nitrogen and oxygen atoms in total. The van der Waals surface area contributed by atoms with Crippen LogP contribution in [0, 0.1) is 20.8 Å². The molecule has 3 rings (SSSR count). The Morgan fingerprint density at radius 2 is 1.59 bits per heavy atom. The first-order chi connectivity index (χ1) is 15.3. The molecule has 2 aromatic carbocycles. The number of hydrogen-bond donors (Lipinski definition) is 1. The fourth-order valence-corrected chi connectivity index (χ4v) is 4.29. The van der Waals surface area contributed by atoms with Crippen LogP contribution in [0.1, 0.15) is 61.3 Å². The fraction of sp³-hybridized carbons (Fsp3) is 0.481. The maximum Gasteiger partial charge on any atom is 0.261 e. The lowest BCUT2D eigenvalue weighted by Crippen LogP contribution is -2.51. The molecule has 2 aromatic rings. The van der Waals surface area contributed by atoms with Crippen molar-refractivity contribution in [3.05, 3.63) is 64.7 Å². The topological polar surface area (TPSA) is 58.6 Å². The van der Waals surface area contributed by atoms with Crippen LogP contribution in [-0.2, 0) is 16.1 Å². The van der Waals surface area contributed by atoms with Crippen LogP contribution < -0.4 is 10.1 Å². The third kappa shape index (κ3) is 6.84. The highest BCUT2D eigenvalue weighted by Crippen LogP contribution is 2.19. The fourth-order valence-electron chi connectivity index (χ4n) is 4.29. The van der Waals surface area contributed by atoms with E-state index in [1.165, 1.54) is 6.42 Å². The first kappa shape index (κ1) is 23.8. The van der Waals surface area contributed by atoms with E-state index < -0.39 is 6.04 Å². The Balaban J connectivity index is 1.71. The second kappa shape index (κ2) is 11.2. The van der Waals surface area contributed by atoms with Crippen molar-refractivity contribution >= 4 is 11.8 Å². The number of nitrogens with zero attached hydrogens (tertiary/aromatic N) is 1. The molecule has 172 valence electrons. The summed E-state index contributed by atoms with van der Waals surface area (Å²) in [4.78, 5) is 27.9. The molecule has 1 N–H and O–H groups in total. The van der Waals surface area contributed by atoms with Gasteiger partial charge in [0.15, 0.2) is 6.61 Å². The van der Waals surface area contributed by atoms with Crippen LogP contribution in [0.4, 0.5) is 0 Å². The summed E-state index contributed by atoms with van der Waals surface area (Å²) in [5, 5.41) is 3.16. The Hall–Kier alpha value is -2.82. The lowest BCUT2D eigenvalue weighted by molar-refractivity contribution is -0.142. The quantitative estimate of drug-likeness (QED) is 0.643. The number of hydrogen-bond acceptors (Lipinski definition) is 3. The lowest BCUT2D eigenvalue weighted by atomic mass is 9.95. The van der Waals surface area contributed by atoms with E-state index in [1.54, 1.807) is 11.8 Å². The summed E-state index contributed by atoms with van der Waals surface area (Å²) in [6.45, 7) is 8.11. The predicted octanol–water partition coefficient (Wildman–Crippen LogP) is 4.86. The first-order valence-electron chi connectivity index (χ1n) is 11.7. The number of benzene rings is 2. The number of carbonyl (C=O) groups excluding carboxylic acids is 2. The van der Waals surface area contributed by atoms with E-state index in [1.807, 2.05) is 57.2 Å². The molecule has 0 aliphatic heterocycles. The molecule has 5 heteroatoms. The molecule has 0 aromatic heterocycles. The molecule has 1 atom stereocenters. The van der Waals surface area contributed by atoms with Gasteiger partial charge in [-0.2, -0.15) is 0 Å². The van der Waals surface area contributed by atoms with Crippen LogP contribution in [-0.4, -0.2) is 35.4 Å². The smallest absolute Gasteiger partial charge is 0.261 e. The summed E-state index contributed by atoms with van der Waals surface area (Å²) in [5.74, 6) is 0.380. The number of nitrogens with one attached hydrogen (secondary N) is 1. The van der Waals surface area contributed by atoms with E-state index in [2.05, 4.69) is 11.4 Å². The largest absolute Gasteiger partial charge is 0.484 e. The highest BCUT2D eigenvalue weighted by molar-refractivity contribution is 5.88. The van der Waals surface area contributed by atoms with Crippen LogP contribution in [0.2, 0.25) is 0 Å². The van der Waals surface area contributed by atoms with Crippen molar-refractivity contribution in [2.24, 2.45) is 0 Å². The summed E-state index contributed by atoms with van der Waals surface area (Å²) < 4.78 is 5.82. The Kier molecular flexibility index (Phi) is 8.32. The number of carbonyl (C=O) groups is 2. The molecule has 32 heavy (non-hydrogen) atoms. The summed E-state index contributed by atoms with van der Waals surface area (Å²) >= 11 is 0. The molecular formula is C27H36N2O3. The molecule has 0 bridgehead atoms. The van der Waals surface area contributed by atoms with Gasteiger partial charge in [0, 0.05) is 12.6 Å². The molecule has 0 spiro atoms. The van der Waals surface area contributed by atoms with Crippen LogP contribution in [0.5, 0.6) is 5.75 Å². The normalized spacial score (nSPS) is 15.1. The van der Waals surface area contributed by atoms with Gasteiger partial charge in [-0.15, -0.1) is 0 Å². The van der Waals surface area contributed by atoms with Crippen LogP contribution in [0.15, 0.2) is 42.5 Å². The standard InChI is InChI=1S/C27H36N2O3/c1-19-10-12-23(13-11-19)17-29(22(4)27(31)28-24-8-6-5-7-9-24)26(30)18-32-25-15-20(2)14-21(3)16-25/h10-16,22,24H,5-9,17-18H2,1-4H3,(H,28,31)/t22-/m0/s1. The van der Waals surface area contributed by atoms with Crippen molar-refractivity contribution in [1.29, 1.82) is 0 Å². The van der Waals surface area contributed by atoms with Crippen molar-refractivity contribution in [1.82, 2.24) is 10.2 Å². The Bertz CT molecular complexity index is 897. The Labute approximate surface area is 192 Å². The van der Waals surface area contributed by atoms with Crippen LogP contribution in [0.25, 0.3) is 0 Å². The van der Waals surface area contributed by atoms with Gasteiger partial charge < -0.3 is 15.0 Å². The predicted molar refractivity (Wildman–Crippen MR) is 128 cm³/mol. The van der Waals surface area contributed by atoms with Gasteiger partial charge in [0.1, 0.15) is 11.8 Å². The van der Waals surface area contributed by atoms with Crippen molar-refractivity contribution in [3.63, 3.8) is 0 Å². The summed E-state index contributed by atoms with van der Waals surface area (Å²) in [5.41, 5.74) is 4.33. The molecule has 0 heterocycles. The van der Waals surface area contributed by atoms with Gasteiger partial charge in [-0.05, 0) is 69.4 Å². The second-order valence-electron chi connectivity index (χ2n) is 9.14. The molecular weight excluding hydrogens is 400 g/mol. The Morgan fingerprint density at radius 1 is 0.969 bits per heavy atom. The average molecular weight is 437 g/mol. The first-order valence-corrected chi connectivity index (χ1v) is 11.7. The third-order valence-electron chi connectivity index (χ3n) is 6.15. The van der Waals surface area contributed by atoms with Gasteiger partial charge >= 0.3 is 0 Å². The monoisotopic (exact) mass is 436 g/mol. The Morgan fingerprint density at radius 3 is 2.22 bits per heavy atom. The van der Waals surface area contributed by atoms with Crippen molar-refractivity contribution in [2.75, 3.05) is 6.61 Å². The van der Waals surface area contributed by atoms with Crippen LogP contribution >= 0.6 is 0 Å². The van der Waals surface area contributed by atoms with E-state index in [4.69, 9.17) is 4.74 Å². The highest BCUT2D eigenvalue weighted by Gasteiger charge is 2.28. The van der Waals surface area contributed by atoms with Crippen LogP contribution in [0.3, 0.4) is 0 Å². The molecule has 2 amide bonds. The summed E-state index contributed by atoms with van der Waals surface area (Å²) in [7, 11) is 0. The van der Waals surface area contributed by atoms with Gasteiger partial charge in [0.05, 0.1) is 0 Å². The number of rotatable bonds is 8. The van der Waals surface area contributed by atoms with Gasteiger partial charge in [0.2, 0.25) is 5.91 Å². The van der Waals surface area contributed by atoms with E-state index in [-0.39, 0.29) is 24.5 Å². The molecule has 0 unspecified atom stereocenters. The molecule has 1 aliphatic carbocycles. The van der Waals surface area contributed by atoms with Gasteiger partial charge in [-0.3, -0.25) is 9.59 Å². The number of aryl methyl sites for hydroxylation is 3. The minimum atomic E-state index is -0.575. The molecule has 0 radical (unpaired) electrons. The second-order valence-corrected chi connectivity index (χ2v) is 9.14. The molecule has 1 fully saturated rings. The van der Waals surface area contributed by atoms with Crippen molar-refractivity contribution in [3.8, 4) is 5.75 Å². The number of ether oxygens (including phenoxy) is 1. The molecule has 0 saturated heterocycles. The van der Waals surface area contributed by atoms with Gasteiger partial charge in [0.25, 0.3) is 5.91 Å². The SMILES string of the molecule is Cc1ccc(CN(C(=O)COc2cc(C)cc(C)c2)[C@@H](C)C(=O)NC2CCCCC2)cc1. The maximum atomic E-state index is 13.2. The summed E-state index contributed by atoms with van der Waals surface area (Å²) in [6, 6.07) is 13.6. The summed E-state index contributed by atoms with van der Waals surface area (Å²) in [6.07, 6.45) is 5.56. The number of amides is 2. The zero-order chi connectivity index (χ0) is 23.1. The van der Waals surface area contributed by atoms with E-state index in [0.29, 0.717) is 12.3 Å². The average Bonchev–Trinajstić information content (AvgIpc) is 2.76. The minimum absolute atomic E-state index is 0.0937. The lowest BCUT2D eigenvalue weighted by Gasteiger charge is -2.31. The maximum absolute atomic E-state index is 13.2. The van der Waals surface area contributed by atoms with Gasteiger partial charge in [-0.1, -0.05) is 55.2 Å². The van der Waals surface area contributed by atoms with E-state index in [9.17, 15) is 9.59 Å². The van der Waals surface area contributed by atoms with Crippen molar-refractivity contribution < 1.29 is 14.3 Å². The molecule has 1 aliphatic rings. The third-order valence-corrected chi connectivity index (χ3v) is 6.15.